The van der Waals surface area contributed by atoms with Crippen LogP contribution in [0.1, 0.15) is 21.5 Å². The fourth-order valence-electron chi connectivity index (χ4n) is 3.94. The maximum atomic E-state index is 12.8. The molecule has 162 valence electrons. The van der Waals surface area contributed by atoms with Crippen LogP contribution in [-0.2, 0) is 6.54 Å². The van der Waals surface area contributed by atoms with Crippen molar-refractivity contribution in [2.45, 2.75) is 6.54 Å². The first kappa shape index (κ1) is 20.5. The van der Waals surface area contributed by atoms with E-state index >= 15 is 0 Å². The molecule has 5 rings (SSSR count). The van der Waals surface area contributed by atoms with E-state index in [1.165, 1.54) is 6.08 Å². The number of carbonyl (C=O) groups excluding carboxylic acids is 1. The van der Waals surface area contributed by atoms with Crippen molar-refractivity contribution in [3.8, 4) is 11.5 Å². The number of para-hydroxylation sites is 1. The summed E-state index contributed by atoms with van der Waals surface area (Å²) in [5.74, 6) is 0.458. The van der Waals surface area contributed by atoms with E-state index < -0.39 is 0 Å². The number of ketones is 1. The van der Waals surface area contributed by atoms with Crippen molar-refractivity contribution in [1.82, 2.24) is 15.0 Å². The number of benzene rings is 4. The second-order valence-corrected chi connectivity index (χ2v) is 7.69. The molecule has 0 atom stereocenters. The number of aromatic nitrogens is 3. The van der Waals surface area contributed by atoms with Crippen LogP contribution in [0.25, 0.3) is 27.9 Å². The molecule has 6 nitrogen and oxygen atoms in total. The highest BCUT2D eigenvalue weighted by Gasteiger charge is 2.12. The molecule has 0 bridgehead atoms. The number of allylic oxidation sites excluding steroid dienone is 1. The van der Waals surface area contributed by atoms with E-state index in [4.69, 9.17) is 4.74 Å². The first-order chi connectivity index (χ1) is 16.1. The Labute approximate surface area is 190 Å². The van der Waals surface area contributed by atoms with Crippen LogP contribution in [0.2, 0.25) is 0 Å². The van der Waals surface area contributed by atoms with E-state index in [1.54, 1.807) is 25.3 Å². The Bertz CT molecular complexity index is 1520. The van der Waals surface area contributed by atoms with Crippen molar-refractivity contribution in [1.29, 1.82) is 0 Å². The van der Waals surface area contributed by atoms with Crippen LogP contribution in [0.5, 0.6) is 11.5 Å². The molecule has 0 saturated carbocycles. The molecule has 33 heavy (non-hydrogen) atoms. The molecule has 5 aromatic rings. The van der Waals surface area contributed by atoms with Gasteiger partial charge in [0.15, 0.2) is 5.78 Å². The molecule has 0 radical (unpaired) electrons. The second kappa shape index (κ2) is 8.59. The number of ether oxygens (including phenoxy) is 1. The molecule has 0 amide bonds. The van der Waals surface area contributed by atoms with Crippen LogP contribution in [0.3, 0.4) is 0 Å². The molecule has 1 aromatic heterocycles. The number of phenols is 1. The van der Waals surface area contributed by atoms with Gasteiger partial charge >= 0.3 is 0 Å². The van der Waals surface area contributed by atoms with E-state index in [1.807, 2.05) is 71.4 Å². The minimum Gasteiger partial charge on any atom is -0.507 e. The smallest absolute Gasteiger partial charge is 0.189 e. The molecule has 0 fully saturated rings. The number of hydrogen-bond donors (Lipinski definition) is 1. The maximum Gasteiger partial charge on any atom is 0.189 e. The molecule has 0 spiro atoms. The first-order valence-electron chi connectivity index (χ1n) is 10.5. The number of hydrogen-bond acceptors (Lipinski definition) is 5. The zero-order valence-electron chi connectivity index (χ0n) is 18.0. The Kier molecular flexibility index (Phi) is 5.32. The van der Waals surface area contributed by atoms with Crippen molar-refractivity contribution >= 4 is 33.7 Å². The largest absolute Gasteiger partial charge is 0.507 e. The van der Waals surface area contributed by atoms with Gasteiger partial charge in [0.1, 0.15) is 17.0 Å². The van der Waals surface area contributed by atoms with Gasteiger partial charge in [0.05, 0.1) is 24.7 Å². The number of phenolic OH excluding ortho intramolecular Hbond substituents is 1. The van der Waals surface area contributed by atoms with E-state index in [0.29, 0.717) is 11.9 Å². The number of carbonyl (C=O) groups is 1. The van der Waals surface area contributed by atoms with Gasteiger partial charge < -0.3 is 9.84 Å². The lowest BCUT2D eigenvalue weighted by Gasteiger charge is -2.10. The molecule has 1 N–H and O–H groups in total. The summed E-state index contributed by atoms with van der Waals surface area (Å²) in [6, 6.07) is 24.4. The Morgan fingerprint density at radius 2 is 1.85 bits per heavy atom. The summed E-state index contributed by atoms with van der Waals surface area (Å²) in [4.78, 5) is 12.8. The summed E-state index contributed by atoms with van der Waals surface area (Å²) in [6.45, 7) is 0.477. The summed E-state index contributed by atoms with van der Waals surface area (Å²) in [5.41, 5.74) is 3.78. The second-order valence-electron chi connectivity index (χ2n) is 7.69. The Balaban J connectivity index is 1.43. The monoisotopic (exact) mass is 435 g/mol. The highest BCUT2D eigenvalue weighted by molar-refractivity contribution is 6.11. The van der Waals surface area contributed by atoms with Crippen LogP contribution in [0, 0.1) is 0 Å². The van der Waals surface area contributed by atoms with Crippen LogP contribution < -0.4 is 4.74 Å². The van der Waals surface area contributed by atoms with Gasteiger partial charge in [0.2, 0.25) is 0 Å². The highest BCUT2D eigenvalue weighted by Crippen LogP contribution is 2.29. The van der Waals surface area contributed by atoms with Crippen LogP contribution in [0.4, 0.5) is 0 Å². The third kappa shape index (κ3) is 3.94. The fraction of sp³-hybridized carbons (Fsp3) is 0.0741. The average Bonchev–Trinajstić information content (AvgIpc) is 3.26. The minimum absolute atomic E-state index is 0.00349. The van der Waals surface area contributed by atoms with Gasteiger partial charge in [-0.1, -0.05) is 59.8 Å². The van der Waals surface area contributed by atoms with Gasteiger partial charge in [0.25, 0.3) is 0 Å². The predicted octanol–water partition coefficient (Wildman–Crippen LogP) is 5.24. The van der Waals surface area contributed by atoms with Crippen molar-refractivity contribution in [3.05, 3.63) is 102 Å². The first-order valence-corrected chi connectivity index (χ1v) is 10.5. The van der Waals surface area contributed by atoms with E-state index in [9.17, 15) is 9.90 Å². The minimum atomic E-state index is -0.266. The lowest BCUT2D eigenvalue weighted by molar-refractivity contribution is 0.104. The molecule has 0 unspecified atom stereocenters. The van der Waals surface area contributed by atoms with Gasteiger partial charge in [-0.3, -0.25) is 4.79 Å². The Morgan fingerprint density at radius 1 is 1.03 bits per heavy atom. The summed E-state index contributed by atoms with van der Waals surface area (Å²) in [5, 5.41) is 20.6. The van der Waals surface area contributed by atoms with E-state index in [0.717, 1.165) is 33.3 Å². The van der Waals surface area contributed by atoms with Crippen molar-refractivity contribution in [2.75, 3.05) is 7.11 Å². The molecular formula is C27H21N3O3. The molecule has 0 aliphatic rings. The Morgan fingerprint density at radius 3 is 2.73 bits per heavy atom. The molecule has 1 heterocycles. The normalized spacial score (nSPS) is 11.4. The number of rotatable bonds is 6. The lowest BCUT2D eigenvalue weighted by Crippen LogP contribution is -2.04. The van der Waals surface area contributed by atoms with E-state index in [2.05, 4.69) is 10.3 Å². The number of methoxy groups -OCH3 is 1. The number of fused-ring (bicyclic) bond motifs is 2. The van der Waals surface area contributed by atoms with Crippen LogP contribution in [0.15, 0.2) is 84.9 Å². The summed E-state index contributed by atoms with van der Waals surface area (Å²) < 4.78 is 7.35. The number of aromatic hydroxyl groups is 1. The summed E-state index contributed by atoms with van der Waals surface area (Å²) in [6.07, 6.45) is 3.21. The van der Waals surface area contributed by atoms with Crippen LogP contribution in [-0.4, -0.2) is 33.0 Å². The van der Waals surface area contributed by atoms with Gasteiger partial charge in [-0.2, -0.15) is 0 Å². The lowest BCUT2D eigenvalue weighted by atomic mass is 10.0. The molecule has 4 aromatic carbocycles. The quantitative estimate of drug-likeness (QED) is 0.291. The standard InChI is InChI=1S/C27H21N3O3/c1-33-26-15-11-18(16-20(26)17-30-24-9-5-4-8-23(24)28-29-30)10-14-25(31)22-13-12-19-6-2-3-7-21(19)27(22)32/h2-16,32H,17H2,1H3. The average molecular weight is 435 g/mol. The van der Waals surface area contributed by atoms with Gasteiger partial charge in [-0.25, -0.2) is 4.68 Å². The number of nitrogens with zero attached hydrogens (tertiary/aromatic N) is 3. The molecular weight excluding hydrogens is 414 g/mol. The van der Waals surface area contributed by atoms with E-state index in [-0.39, 0.29) is 17.1 Å². The molecule has 0 aliphatic heterocycles. The predicted molar refractivity (Wildman–Crippen MR) is 129 cm³/mol. The summed E-state index contributed by atoms with van der Waals surface area (Å²) in [7, 11) is 1.62. The fourth-order valence-corrected chi connectivity index (χ4v) is 3.94. The molecule has 6 heteroatoms. The molecule has 0 saturated heterocycles. The van der Waals surface area contributed by atoms with Crippen LogP contribution >= 0.6 is 0 Å². The molecule has 0 aliphatic carbocycles. The summed E-state index contributed by atoms with van der Waals surface area (Å²) >= 11 is 0. The maximum absolute atomic E-state index is 12.8. The Hall–Kier alpha value is -4.45. The van der Waals surface area contributed by atoms with Gasteiger partial charge in [-0.05, 0) is 47.4 Å². The van der Waals surface area contributed by atoms with Crippen molar-refractivity contribution in [2.24, 2.45) is 0 Å². The van der Waals surface area contributed by atoms with Crippen molar-refractivity contribution < 1.29 is 14.6 Å². The topological polar surface area (TPSA) is 77.2 Å². The third-order valence-corrected chi connectivity index (χ3v) is 5.64. The van der Waals surface area contributed by atoms with Gasteiger partial charge in [0, 0.05) is 10.9 Å². The highest BCUT2D eigenvalue weighted by atomic mass is 16.5. The zero-order chi connectivity index (χ0) is 22.8. The third-order valence-electron chi connectivity index (χ3n) is 5.64. The van der Waals surface area contributed by atoms with Crippen molar-refractivity contribution in [3.63, 3.8) is 0 Å². The van der Waals surface area contributed by atoms with Gasteiger partial charge in [-0.15, -0.1) is 5.10 Å². The SMILES string of the molecule is COc1ccc(C=CC(=O)c2ccc3ccccc3c2O)cc1Cn1nnc2ccccc21. The zero-order valence-corrected chi connectivity index (χ0v) is 18.0.